The molecule has 0 saturated carbocycles. The van der Waals surface area contributed by atoms with Gasteiger partial charge in [0.15, 0.2) is 0 Å². The molecule has 2 aromatic carbocycles. The van der Waals surface area contributed by atoms with Gasteiger partial charge in [0.1, 0.15) is 23.9 Å². The first-order chi connectivity index (χ1) is 8.15. The van der Waals surface area contributed by atoms with Gasteiger partial charge in [-0.3, -0.25) is 0 Å². The predicted molar refractivity (Wildman–Crippen MR) is 63.3 cm³/mol. The Morgan fingerprint density at radius 3 is 2.47 bits per heavy atom. The standard InChI is InChI=1S/C13H12FNO2/c14-13-7-10(15)2-1-9(13)8-17-12-5-3-11(16)4-6-12/h1-7,16H,8,15H2. The lowest BCUT2D eigenvalue weighted by molar-refractivity contribution is 0.299. The number of anilines is 1. The highest BCUT2D eigenvalue weighted by Crippen LogP contribution is 2.18. The van der Waals surface area contributed by atoms with Gasteiger partial charge >= 0.3 is 0 Å². The number of halogens is 1. The Bertz CT molecular complexity index is 511. The van der Waals surface area contributed by atoms with Crippen molar-refractivity contribution in [3.8, 4) is 11.5 Å². The number of ether oxygens (including phenoxy) is 1. The summed E-state index contributed by atoms with van der Waals surface area (Å²) in [5.41, 5.74) is 6.27. The summed E-state index contributed by atoms with van der Waals surface area (Å²) in [6, 6.07) is 10.7. The zero-order valence-corrected chi connectivity index (χ0v) is 9.06. The maximum absolute atomic E-state index is 13.4. The Morgan fingerprint density at radius 2 is 1.82 bits per heavy atom. The molecule has 17 heavy (non-hydrogen) atoms. The molecule has 0 atom stereocenters. The van der Waals surface area contributed by atoms with Crippen molar-refractivity contribution < 1.29 is 14.2 Å². The van der Waals surface area contributed by atoms with Gasteiger partial charge in [0, 0.05) is 11.3 Å². The molecule has 0 unspecified atom stereocenters. The first-order valence-electron chi connectivity index (χ1n) is 5.11. The summed E-state index contributed by atoms with van der Waals surface area (Å²) < 4.78 is 18.8. The van der Waals surface area contributed by atoms with Gasteiger partial charge in [0.2, 0.25) is 0 Å². The number of aromatic hydroxyl groups is 1. The molecular formula is C13H12FNO2. The second-order valence-corrected chi connectivity index (χ2v) is 3.63. The normalized spacial score (nSPS) is 10.2. The number of benzene rings is 2. The third kappa shape index (κ3) is 2.87. The lowest BCUT2D eigenvalue weighted by Crippen LogP contribution is -1.99. The summed E-state index contributed by atoms with van der Waals surface area (Å²) in [7, 11) is 0. The van der Waals surface area contributed by atoms with E-state index in [1.54, 1.807) is 24.3 Å². The average molecular weight is 233 g/mol. The molecule has 3 N–H and O–H groups in total. The molecule has 0 aliphatic heterocycles. The summed E-state index contributed by atoms with van der Waals surface area (Å²) in [5.74, 6) is 0.346. The largest absolute Gasteiger partial charge is 0.508 e. The first kappa shape index (κ1) is 11.3. The van der Waals surface area contributed by atoms with E-state index < -0.39 is 0 Å². The van der Waals surface area contributed by atoms with Crippen LogP contribution in [0.25, 0.3) is 0 Å². The highest BCUT2D eigenvalue weighted by Gasteiger charge is 2.03. The number of hydrogen-bond acceptors (Lipinski definition) is 3. The third-order valence-corrected chi connectivity index (χ3v) is 2.31. The van der Waals surface area contributed by atoms with Gasteiger partial charge < -0.3 is 15.6 Å². The van der Waals surface area contributed by atoms with Crippen LogP contribution in [-0.4, -0.2) is 5.11 Å². The molecule has 0 saturated heterocycles. The van der Waals surface area contributed by atoms with Crippen molar-refractivity contribution in [1.82, 2.24) is 0 Å². The van der Waals surface area contributed by atoms with Gasteiger partial charge in [-0.15, -0.1) is 0 Å². The second kappa shape index (κ2) is 4.74. The van der Waals surface area contributed by atoms with Gasteiger partial charge in [0.05, 0.1) is 0 Å². The van der Waals surface area contributed by atoms with Gasteiger partial charge in [-0.25, -0.2) is 4.39 Å². The number of nitrogen functional groups attached to an aromatic ring is 1. The van der Waals surface area contributed by atoms with E-state index in [2.05, 4.69) is 0 Å². The van der Waals surface area contributed by atoms with Crippen LogP contribution in [0.4, 0.5) is 10.1 Å². The Labute approximate surface area is 98.3 Å². The maximum Gasteiger partial charge on any atom is 0.131 e. The van der Waals surface area contributed by atoms with E-state index in [0.29, 0.717) is 17.0 Å². The van der Waals surface area contributed by atoms with Crippen LogP contribution in [0, 0.1) is 5.82 Å². The minimum atomic E-state index is -0.385. The van der Waals surface area contributed by atoms with Crippen LogP contribution >= 0.6 is 0 Å². The summed E-state index contributed by atoms with van der Waals surface area (Å²) in [5, 5.41) is 9.09. The van der Waals surface area contributed by atoms with Gasteiger partial charge in [-0.1, -0.05) is 6.07 Å². The summed E-state index contributed by atoms with van der Waals surface area (Å²) in [6.07, 6.45) is 0. The fourth-order valence-electron chi connectivity index (χ4n) is 1.38. The maximum atomic E-state index is 13.4. The second-order valence-electron chi connectivity index (χ2n) is 3.63. The van der Waals surface area contributed by atoms with Gasteiger partial charge in [-0.2, -0.15) is 0 Å². The third-order valence-electron chi connectivity index (χ3n) is 2.31. The zero-order valence-electron chi connectivity index (χ0n) is 9.06. The van der Waals surface area contributed by atoms with E-state index >= 15 is 0 Å². The lowest BCUT2D eigenvalue weighted by atomic mass is 10.2. The number of phenolic OH excluding ortho intramolecular Hbond substituents is 1. The monoisotopic (exact) mass is 233 g/mol. The molecule has 3 nitrogen and oxygen atoms in total. The summed E-state index contributed by atoms with van der Waals surface area (Å²) in [4.78, 5) is 0. The van der Waals surface area contributed by atoms with E-state index in [0.717, 1.165) is 0 Å². The molecule has 0 aliphatic rings. The molecule has 2 aromatic rings. The van der Waals surface area contributed by atoms with Gasteiger partial charge in [0.25, 0.3) is 0 Å². The molecule has 0 fully saturated rings. The molecule has 0 aromatic heterocycles. The van der Waals surface area contributed by atoms with Crippen molar-refractivity contribution in [3.63, 3.8) is 0 Å². The van der Waals surface area contributed by atoms with Gasteiger partial charge in [-0.05, 0) is 36.4 Å². The molecule has 2 rings (SSSR count). The van der Waals surface area contributed by atoms with Crippen LogP contribution in [0.2, 0.25) is 0 Å². The highest BCUT2D eigenvalue weighted by molar-refractivity contribution is 5.40. The number of nitrogens with two attached hydrogens (primary N) is 1. The Hall–Kier alpha value is -2.23. The quantitative estimate of drug-likeness (QED) is 0.801. The molecule has 0 bridgehead atoms. The smallest absolute Gasteiger partial charge is 0.131 e. The van der Waals surface area contributed by atoms with E-state index in [1.807, 2.05) is 0 Å². The minimum absolute atomic E-state index is 0.122. The SMILES string of the molecule is Nc1ccc(COc2ccc(O)cc2)c(F)c1. The van der Waals surface area contributed by atoms with Crippen molar-refractivity contribution in [2.24, 2.45) is 0 Å². The highest BCUT2D eigenvalue weighted by atomic mass is 19.1. The topological polar surface area (TPSA) is 55.5 Å². The van der Waals surface area contributed by atoms with Crippen LogP contribution in [0.1, 0.15) is 5.56 Å². The van der Waals surface area contributed by atoms with Crippen LogP contribution < -0.4 is 10.5 Å². The Kier molecular flexibility index (Phi) is 3.14. The van der Waals surface area contributed by atoms with Crippen LogP contribution in [0.15, 0.2) is 42.5 Å². The molecule has 0 aliphatic carbocycles. The molecule has 0 radical (unpaired) electrons. The molecule has 4 heteroatoms. The van der Waals surface area contributed by atoms with E-state index in [9.17, 15) is 4.39 Å². The number of phenols is 1. The summed E-state index contributed by atoms with van der Waals surface area (Å²) in [6.45, 7) is 0.122. The molecule has 0 spiro atoms. The molecule has 0 amide bonds. The van der Waals surface area contributed by atoms with E-state index in [4.69, 9.17) is 15.6 Å². The zero-order chi connectivity index (χ0) is 12.3. The number of rotatable bonds is 3. The van der Waals surface area contributed by atoms with Crippen molar-refractivity contribution >= 4 is 5.69 Å². The van der Waals surface area contributed by atoms with Crippen LogP contribution in [-0.2, 0) is 6.61 Å². The molecule has 0 heterocycles. The van der Waals surface area contributed by atoms with Crippen molar-refractivity contribution in [2.75, 3.05) is 5.73 Å². The lowest BCUT2D eigenvalue weighted by Gasteiger charge is -2.07. The molecular weight excluding hydrogens is 221 g/mol. The summed E-state index contributed by atoms with van der Waals surface area (Å²) >= 11 is 0. The average Bonchev–Trinajstić information content (AvgIpc) is 2.30. The van der Waals surface area contributed by atoms with E-state index in [1.165, 1.54) is 18.2 Å². The van der Waals surface area contributed by atoms with Crippen molar-refractivity contribution in [3.05, 3.63) is 53.8 Å². The fraction of sp³-hybridized carbons (Fsp3) is 0.0769. The van der Waals surface area contributed by atoms with E-state index in [-0.39, 0.29) is 18.2 Å². The van der Waals surface area contributed by atoms with Crippen LogP contribution in [0.5, 0.6) is 11.5 Å². The first-order valence-corrected chi connectivity index (χ1v) is 5.11. The number of hydrogen-bond donors (Lipinski definition) is 2. The minimum Gasteiger partial charge on any atom is -0.508 e. The molecule has 88 valence electrons. The van der Waals surface area contributed by atoms with Crippen LogP contribution in [0.3, 0.4) is 0 Å². The Morgan fingerprint density at radius 1 is 1.12 bits per heavy atom. The van der Waals surface area contributed by atoms with Crippen molar-refractivity contribution in [2.45, 2.75) is 6.61 Å². The Balaban J connectivity index is 2.04. The van der Waals surface area contributed by atoms with Crippen molar-refractivity contribution in [1.29, 1.82) is 0 Å². The predicted octanol–water partition coefficient (Wildman–Crippen LogP) is 2.69. The fourth-order valence-corrected chi connectivity index (χ4v) is 1.38.